The average molecular weight is 244 g/mol. The molecule has 2 rings (SSSR count). The van der Waals surface area contributed by atoms with Crippen LogP contribution in [0.2, 0.25) is 0 Å². The minimum Gasteiger partial charge on any atom is -0.308 e. The van der Waals surface area contributed by atoms with Crippen LogP contribution in [0.4, 0.5) is 10.1 Å². The Morgan fingerprint density at radius 1 is 1.22 bits per heavy atom. The third-order valence-corrected chi connectivity index (χ3v) is 2.64. The van der Waals surface area contributed by atoms with E-state index in [1.165, 1.54) is 17.0 Å². The van der Waals surface area contributed by atoms with E-state index < -0.39 is 5.82 Å². The van der Waals surface area contributed by atoms with Gasteiger partial charge >= 0.3 is 0 Å². The minimum absolute atomic E-state index is 0.0798. The lowest BCUT2D eigenvalue weighted by atomic mass is 10.1. The molecule has 0 aliphatic rings. The van der Waals surface area contributed by atoms with Crippen LogP contribution in [0, 0.1) is 5.82 Å². The summed E-state index contributed by atoms with van der Waals surface area (Å²) in [6, 6.07) is 9.44. The molecule has 1 amide bonds. The monoisotopic (exact) mass is 244 g/mol. The minimum atomic E-state index is -0.505. The highest BCUT2D eigenvalue weighted by atomic mass is 19.1. The summed E-state index contributed by atoms with van der Waals surface area (Å²) in [5, 5.41) is 0. The molecular formula is C14H13FN2O. The Kier molecular flexibility index (Phi) is 3.67. The fourth-order valence-corrected chi connectivity index (χ4v) is 1.75. The Bertz CT molecular complexity index is 543. The van der Waals surface area contributed by atoms with Crippen LogP contribution < -0.4 is 4.90 Å². The summed E-state index contributed by atoms with van der Waals surface area (Å²) >= 11 is 0. The smallest absolute Gasteiger partial charge is 0.261 e. The van der Waals surface area contributed by atoms with E-state index in [1.807, 2.05) is 6.92 Å². The van der Waals surface area contributed by atoms with E-state index in [9.17, 15) is 9.18 Å². The predicted octanol–water partition coefficient (Wildman–Crippen LogP) is 2.89. The molecule has 1 aromatic heterocycles. The van der Waals surface area contributed by atoms with Crippen LogP contribution >= 0.6 is 0 Å². The topological polar surface area (TPSA) is 33.2 Å². The van der Waals surface area contributed by atoms with Crippen molar-refractivity contribution in [2.24, 2.45) is 0 Å². The number of hydrogen-bond donors (Lipinski definition) is 0. The van der Waals surface area contributed by atoms with Gasteiger partial charge in [0.2, 0.25) is 0 Å². The van der Waals surface area contributed by atoms with Crippen molar-refractivity contribution in [1.82, 2.24) is 4.98 Å². The summed E-state index contributed by atoms with van der Waals surface area (Å²) in [6.45, 7) is 2.32. The molecule has 0 N–H and O–H groups in total. The Morgan fingerprint density at radius 2 is 1.89 bits per heavy atom. The average Bonchev–Trinajstić information content (AvgIpc) is 2.41. The van der Waals surface area contributed by atoms with E-state index in [2.05, 4.69) is 4.98 Å². The van der Waals surface area contributed by atoms with Gasteiger partial charge in [0.05, 0.1) is 5.56 Å². The van der Waals surface area contributed by atoms with Crippen molar-refractivity contribution >= 4 is 11.6 Å². The molecule has 4 heteroatoms. The van der Waals surface area contributed by atoms with Crippen LogP contribution in [-0.2, 0) is 0 Å². The molecule has 0 fully saturated rings. The molecule has 18 heavy (non-hydrogen) atoms. The highest BCUT2D eigenvalue weighted by Crippen LogP contribution is 2.17. The number of carbonyl (C=O) groups is 1. The van der Waals surface area contributed by atoms with Crippen LogP contribution in [-0.4, -0.2) is 17.4 Å². The van der Waals surface area contributed by atoms with E-state index in [-0.39, 0.29) is 11.5 Å². The third kappa shape index (κ3) is 2.37. The fourth-order valence-electron chi connectivity index (χ4n) is 1.75. The number of amides is 1. The van der Waals surface area contributed by atoms with Gasteiger partial charge in [0.15, 0.2) is 0 Å². The van der Waals surface area contributed by atoms with Crippen molar-refractivity contribution in [2.75, 3.05) is 11.4 Å². The first-order valence-corrected chi connectivity index (χ1v) is 5.70. The Morgan fingerprint density at radius 3 is 2.50 bits per heavy atom. The van der Waals surface area contributed by atoms with Gasteiger partial charge in [0.25, 0.3) is 5.91 Å². The van der Waals surface area contributed by atoms with Crippen LogP contribution in [0.25, 0.3) is 0 Å². The highest BCUT2D eigenvalue weighted by molar-refractivity contribution is 6.06. The van der Waals surface area contributed by atoms with Gasteiger partial charge in [0.1, 0.15) is 5.82 Å². The van der Waals surface area contributed by atoms with E-state index in [0.717, 1.165) is 0 Å². The van der Waals surface area contributed by atoms with Gasteiger partial charge in [0, 0.05) is 24.6 Å². The molecule has 0 aliphatic heterocycles. The first-order valence-electron chi connectivity index (χ1n) is 5.70. The fraction of sp³-hybridized carbons (Fsp3) is 0.143. The van der Waals surface area contributed by atoms with Gasteiger partial charge in [-0.15, -0.1) is 0 Å². The maximum atomic E-state index is 13.6. The predicted molar refractivity (Wildman–Crippen MR) is 68.0 cm³/mol. The van der Waals surface area contributed by atoms with Gasteiger partial charge in [-0.05, 0) is 31.2 Å². The summed E-state index contributed by atoms with van der Waals surface area (Å²) in [7, 11) is 0. The lowest BCUT2D eigenvalue weighted by Crippen LogP contribution is -2.31. The summed E-state index contributed by atoms with van der Waals surface area (Å²) in [4.78, 5) is 17.7. The van der Waals surface area contributed by atoms with Crippen molar-refractivity contribution in [1.29, 1.82) is 0 Å². The van der Waals surface area contributed by atoms with Crippen LogP contribution in [0.15, 0.2) is 48.8 Å². The normalized spacial score (nSPS) is 10.1. The molecule has 0 saturated carbocycles. The first kappa shape index (κ1) is 12.2. The Labute approximate surface area is 105 Å². The number of nitrogens with zero attached hydrogens (tertiary/aromatic N) is 2. The number of hydrogen-bond acceptors (Lipinski definition) is 2. The molecule has 0 bridgehead atoms. The zero-order valence-electron chi connectivity index (χ0n) is 10.0. The maximum Gasteiger partial charge on any atom is 0.261 e. The number of carbonyl (C=O) groups excluding carboxylic acids is 1. The second-order valence-corrected chi connectivity index (χ2v) is 3.73. The molecule has 0 atom stereocenters. The molecule has 0 unspecified atom stereocenters. The number of benzene rings is 1. The van der Waals surface area contributed by atoms with Crippen molar-refractivity contribution in [3.63, 3.8) is 0 Å². The van der Waals surface area contributed by atoms with E-state index >= 15 is 0 Å². The second kappa shape index (κ2) is 5.40. The first-order chi connectivity index (χ1) is 8.74. The van der Waals surface area contributed by atoms with Gasteiger partial charge in [-0.25, -0.2) is 4.39 Å². The summed E-state index contributed by atoms with van der Waals surface area (Å²) in [5.41, 5.74) is 0.789. The molecule has 3 nitrogen and oxygen atoms in total. The number of halogens is 1. The van der Waals surface area contributed by atoms with Gasteiger partial charge in [-0.1, -0.05) is 12.1 Å². The number of aromatic nitrogens is 1. The van der Waals surface area contributed by atoms with Gasteiger partial charge in [-0.2, -0.15) is 0 Å². The number of rotatable bonds is 3. The third-order valence-electron chi connectivity index (χ3n) is 2.64. The van der Waals surface area contributed by atoms with Gasteiger partial charge in [-0.3, -0.25) is 9.78 Å². The largest absolute Gasteiger partial charge is 0.308 e. The van der Waals surface area contributed by atoms with Crippen molar-refractivity contribution in [3.8, 4) is 0 Å². The van der Waals surface area contributed by atoms with E-state index in [1.54, 1.807) is 36.7 Å². The zero-order chi connectivity index (χ0) is 13.0. The molecule has 0 spiro atoms. The van der Waals surface area contributed by atoms with Crippen molar-refractivity contribution < 1.29 is 9.18 Å². The maximum absolute atomic E-state index is 13.6. The summed E-state index contributed by atoms with van der Waals surface area (Å²) < 4.78 is 13.6. The lowest BCUT2D eigenvalue weighted by molar-refractivity contribution is 0.0984. The highest BCUT2D eigenvalue weighted by Gasteiger charge is 2.18. The molecule has 0 radical (unpaired) electrons. The lowest BCUT2D eigenvalue weighted by Gasteiger charge is -2.21. The molecular weight excluding hydrogens is 231 g/mol. The van der Waals surface area contributed by atoms with E-state index in [0.29, 0.717) is 12.2 Å². The van der Waals surface area contributed by atoms with Crippen LogP contribution in [0.3, 0.4) is 0 Å². The molecule has 0 saturated heterocycles. The van der Waals surface area contributed by atoms with Crippen LogP contribution in [0.5, 0.6) is 0 Å². The molecule has 92 valence electrons. The Hall–Kier alpha value is -2.23. The van der Waals surface area contributed by atoms with Crippen molar-refractivity contribution in [2.45, 2.75) is 6.92 Å². The molecule has 1 heterocycles. The number of pyridine rings is 1. The zero-order valence-corrected chi connectivity index (χ0v) is 10.0. The quantitative estimate of drug-likeness (QED) is 0.831. The summed E-state index contributed by atoms with van der Waals surface area (Å²) in [6.07, 6.45) is 3.21. The van der Waals surface area contributed by atoms with E-state index in [4.69, 9.17) is 0 Å². The second-order valence-electron chi connectivity index (χ2n) is 3.73. The summed E-state index contributed by atoms with van der Waals surface area (Å²) in [5.74, 6) is -0.850. The molecule has 1 aromatic carbocycles. The van der Waals surface area contributed by atoms with Crippen molar-refractivity contribution in [3.05, 3.63) is 60.2 Å². The number of anilines is 1. The van der Waals surface area contributed by atoms with Crippen LogP contribution in [0.1, 0.15) is 17.3 Å². The standard InChI is InChI=1S/C14H13FN2O/c1-2-17(11-7-9-16-10-8-11)14(18)12-5-3-4-6-13(12)15/h3-10H,2H2,1H3. The Balaban J connectivity index is 2.35. The molecule has 0 aliphatic carbocycles. The molecule has 2 aromatic rings. The SMILES string of the molecule is CCN(C(=O)c1ccccc1F)c1ccncc1. The van der Waals surface area contributed by atoms with Gasteiger partial charge < -0.3 is 4.90 Å².